The van der Waals surface area contributed by atoms with Crippen molar-refractivity contribution in [2.24, 2.45) is 5.73 Å². The number of nitrogens with one attached hydrogen (secondary N) is 1. The van der Waals surface area contributed by atoms with Crippen LogP contribution in [0.1, 0.15) is 31.2 Å². The van der Waals surface area contributed by atoms with E-state index in [0.717, 1.165) is 23.5 Å². The predicted molar refractivity (Wildman–Crippen MR) is 101 cm³/mol. The van der Waals surface area contributed by atoms with Gasteiger partial charge in [-0.2, -0.15) is 0 Å². The van der Waals surface area contributed by atoms with E-state index in [-0.39, 0.29) is 24.8 Å². The zero-order chi connectivity index (χ0) is 14.5. The molecule has 0 atom stereocenters. The molecule has 0 aliphatic heterocycles. The van der Waals surface area contributed by atoms with Crippen LogP contribution in [0.25, 0.3) is 11.3 Å². The number of hydrogen-bond acceptors (Lipinski definition) is 4. The summed E-state index contributed by atoms with van der Waals surface area (Å²) in [4.78, 5) is 0. The van der Waals surface area contributed by atoms with Gasteiger partial charge in [0.2, 0.25) is 0 Å². The molecule has 3 N–H and O–H groups in total. The molecule has 2 aromatic rings. The van der Waals surface area contributed by atoms with Gasteiger partial charge in [-0.3, -0.25) is 0 Å². The topological polar surface area (TPSA) is 63.8 Å². The molecular weight excluding hydrogens is 331 g/mol. The van der Waals surface area contributed by atoms with Gasteiger partial charge in [0.25, 0.3) is 0 Å². The lowest BCUT2D eigenvalue weighted by molar-refractivity contribution is 0.746. The van der Waals surface area contributed by atoms with Crippen molar-refractivity contribution in [3.05, 3.63) is 42.0 Å². The van der Waals surface area contributed by atoms with Crippen LogP contribution in [0, 0.1) is 0 Å². The average Bonchev–Trinajstić information content (AvgIpc) is 3.02. The van der Waals surface area contributed by atoms with Gasteiger partial charge in [-0.1, -0.05) is 37.1 Å². The quantitative estimate of drug-likeness (QED) is 0.855. The number of anilines is 1. The minimum absolute atomic E-state index is 0. The SMILES string of the molecule is Cl.Cl.NCCc1ccc(-c2ccc(NC3CCCC3)nn2)cc1. The third kappa shape index (κ3) is 5.34. The Morgan fingerprint density at radius 2 is 1.65 bits per heavy atom. The van der Waals surface area contributed by atoms with Crippen molar-refractivity contribution < 1.29 is 0 Å². The normalized spacial score (nSPS) is 14.0. The number of halogens is 2. The summed E-state index contributed by atoms with van der Waals surface area (Å²) in [6.45, 7) is 0.681. The van der Waals surface area contributed by atoms with E-state index in [1.807, 2.05) is 12.1 Å². The maximum absolute atomic E-state index is 5.56. The summed E-state index contributed by atoms with van der Waals surface area (Å²) in [7, 11) is 0. The fraction of sp³-hybridized carbons (Fsp3) is 0.412. The van der Waals surface area contributed by atoms with Crippen LogP contribution in [0.3, 0.4) is 0 Å². The molecule has 0 bridgehead atoms. The Labute approximate surface area is 150 Å². The summed E-state index contributed by atoms with van der Waals surface area (Å²) >= 11 is 0. The largest absolute Gasteiger partial charge is 0.366 e. The minimum atomic E-state index is 0. The van der Waals surface area contributed by atoms with Crippen LogP contribution in [0.15, 0.2) is 36.4 Å². The molecule has 0 unspecified atom stereocenters. The summed E-state index contributed by atoms with van der Waals surface area (Å²) in [6, 6.07) is 13.0. The lowest BCUT2D eigenvalue weighted by atomic mass is 10.1. The van der Waals surface area contributed by atoms with Gasteiger partial charge in [0.15, 0.2) is 0 Å². The van der Waals surface area contributed by atoms with Crippen LogP contribution < -0.4 is 11.1 Å². The van der Waals surface area contributed by atoms with Gasteiger partial charge in [-0.05, 0) is 43.5 Å². The van der Waals surface area contributed by atoms with Crippen molar-refractivity contribution in [3.63, 3.8) is 0 Å². The van der Waals surface area contributed by atoms with Crippen LogP contribution in [0.2, 0.25) is 0 Å². The second kappa shape index (κ2) is 9.71. The molecule has 1 aliphatic carbocycles. The van der Waals surface area contributed by atoms with Crippen LogP contribution in [0.5, 0.6) is 0 Å². The monoisotopic (exact) mass is 354 g/mol. The Balaban J connectivity index is 0.00000132. The Kier molecular flexibility index (Phi) is 8.31. The highest BCUT2D eigenvalue weighted by molar-refractivity contribution is 5.85. The Morgan fingerprint density at radius 3 is 2.22 bits per heavy atom. The Morgan fingerprint density at radius 1 is 0.957 bits per heavy atom. The van der Waals surface area contributed by atoms with Gasteiger partial charge in [0.1, 0.15) is 5.82 Å². The first-order chi connectivity index (χ1) is 10.3. The molecule has 0 amide bonds. The van der Waals surface area contributed by atoms with Gasteiger partial charge in [-0.15, -0.1) is 35.0 Å². The molecule has 1 saturated carbocycles. The van der Waals surface area contributed by atoms with Crippen molar-refractivity contribution in [1.82, 2.24) is 10.2 Å². The summed E-state index contributed by atoms with van der Waals surface area (Å²) in [5, 5.41) is 12.1. The van der Waals surface area contributed by atoms with Crippen LogP contribution in [0.4, 0.5) is 5.82 Å². The van der Waals surface area contributed by atoms with E-state index in [1.54, 1.807) is 0 Å². The van der Waals surface area contributed by atoms with Crippen LogP contribution in [-0.4, -0.2) is 22.8 Å². The fourth-order valence-electron chi connectivity index (χ4n) is 2.85. The standard InChI is InChI=1S/C17H22N4.2ClH/c18-12-11-13-5-7-14(8-6-13)16-9-10-17(21-20-16)19-15-3-1-2-4-15;;/h5-10,15H,1-4,11-12,18H2,(H,19,21);2*1H. The zero-order valence-electron chi connectivity index (χ0n) is 13.1. The third-order valence-electron chi connectivity index (χ3n) is 4.05. The molecule has 1 aromatic carbocycles. The molecule has 0 saturated heterocycles. The lowest BCUT2D eigenvalue weighted by Crippen LogP contribution is -2.15. The molecule has 23 heavy (non-hydrogen) atoms. The maximum Gasteiger partial charge on any atom is 0.148 e. The highest BCUT2D eigenvalue weighted by Crippen LogP contribution is 2.22. The first kappa shape index (κ1) is 19.7. The molecule has 1 aromatic heterocycles. The van der Waals surface area contributed by atoms with Crippen molar-refractivity contribution in [2.45, 2.75) is 38.1 Å². The molecule has 3 rings (SSSR count). The van der Waals surface area contributed by atoms with Gasteiger partial charge < -0.3 is 11.1 Å². The number of nitrogens with two attached hydrogens (primary N) is 1. The summed E-state index contributed by atoms with van der Waals surface area (Å²) in [5.41, 5.74) is 8.82. The van der Waals surface area contributed by atoms with E-state index in [4.69, 9.17) is 5.73 Å². The first-order valence-corrected chi connectivity index (χ1v) is 7.75. The minimum Gasteiger partial charge on any atom is -0.366 e. The molecule has 1 fully saturated rings. The number of hydrogen-bond donors (Lipinski definition) is 2. The number of benzene rings is 1. The van der Waals surface area contributed by atoms with E-state index >= 15 is 0 Å². The molecule has 6 heteroatoms. The Hall–Kier alpha value is -1.36. The van der Waals surface area contributed by atoms with E-state index in [0.29, 0.717) is 12.6 Å². The van der Waals surface area contributed by atoms with E-state index in [2.05, 4.69) is 39.8 Å². The van der Waals surface area contributed by atoms with Crippen LogP contribution in [-0.2, 0) is 6.42 Å². The van der Waals surface area contributed by atoms with Crippen molar-refractivity contribution in [2.75, 3.05) is 11.9 Å². The summed E-state index contributed by atoms with van der Waals surface area (Å²) < 4.78 is 0. The van der Waals surface area contributed by atoms with Crippen LogP contribution >= 0.6 is 24.8 Å². The number of aromatic nitrogens is 2. The van der Waals surface area contributed by atoms with Gasteiger partial charge in [0.05, 0.1) is 5.69 Å². The smallest absolute Gasteiger partial charge is 0.148 e. The first-order valence-electron chi connectivity index (χ1n) is 7.75. The Bertz CT molecular complexity index is 566. The molecule has 126 valence electrons. The molecular formula is C17H24Cl2N4. The fourth-order valence-corrected chi connectivity index (χ4v) is 2.85. The van der Waals surface area contributed by atoms with Crippen molar-refractivity contribution in [3.8, 4) is 11.3 Å². The molecule has 1 aliphatic rings. The maximum atomic E-state index is 5.56. The molecule has 0 spiro atoms. The molecule has 1 heterocycles. The zero-order valence-corrected chi connectivity index (χ0v) is 14.7. The second-order valence-corrected chi connectivity index (χ2v) is 5.67. The highest BCUT2D eigenvalue weighted by Gasteiger charge is 2.15. The highest BCUT2D eigenvalue weighted by atomic mass is 35.5. The average molecular weight is 355 g/mol. The van der Waals surface area contributed by atoms with Crippen molar-refractivity contribution >= 4 is 30.6 Å². The number of rotatable bonds is 5. The van der Waals surface area contributed by atoms with E-state index < -0.39 is 0 Å². The second-order valence-electron chi connectivity index (χ2n) is 5.67. The molecule has 4 nitrogen and oxygen atoms in total. The third-order valence-corrected chi connectivity index (χ3v) is 4.05. The van der Waals surface area contributed by atoms with E-state index in [9.17, 15) is 0 Å². The summed E-state index contributed by atoms with van der Waals surface area (Å²) in [5.74, 6) is 0.880. The summed E-state index contributed by atoms with van der Waals surface area (Å²) in [6.07, 6.45) is 6.03. The predicted octanol–water partition coefficient (Wildman–Crippen LogP) is 3.84. The number of nitrogens with zero attached hydrogens (tertiary/aromatic N) is 2. The van der Waals surface area contributed by atoms with Gasteiger partial charge in [0, 0.05) is 11.6 Å². The van der Waals surface area contributed by atoms with Crippen molar-refractivity contribution in [1.29, 1.82) is 0 Å². The molecule has 0 radical (unpaired) electrons. The van der Waals surface area contributed by atoms with E-state index in [1.165, 1.54) is 31.2 Å². The lowest BCUT2D eigenvalue weighted by Gasteiger charge is -2.12. The van der Waals surface area contributed by atoms with Gasteiger partial charge >= 0.3 is 0 Å². The van der Waals surface area contributed by atoms with Gasteiger partial charge in [-0.25, -0.2) is 0 Å².